The molecule has 0 aromatic heterocycles. The first-order valence-corrected chi connectivity index (χ1v) is 9.62. The molecule has 0 saturated carbocycles. The number of carbonyl (C=O) groups excluding carboxylic acids is 2. The minimum atomic E-state index is -0.320. The van der Waals surface area contributed by atoms with Crippen molar-refractivity contribution in [1.29, 1.82) is 0 Å². The zero-order chi connectivity index (χ0) is 19.2. The molecule has 2 aliphatic rings. The summed E-state index contributed by atoms with van der Waals surface area (Å²) in [4.78, 5) is 26.6. The van der Waals surface area contributed by atoms with Crippen LogP contribution >= 0.6 is 0 Å². The maximum absolute atomic E-state index is 12.5. The van der Waals surface area contributed by atoms with Gasteiger partial charge in [0.15, 0.2) is 0 Å². The summed E-state index contributed by atoms with van der Waals surface area (Å²) < 4.78 is 10.5. The highest BCUT2D eigenvalue weighted by molar-refractivity contribution is 6.00. The molecule has 1 aromatic carbocycles. The van der Waals surface area contributed by atoms with E-state index in [9.17, 15) is 9.59 Å². The predicted molar refractivity (Wildman–Crippen MR) is 103 cm³/mol. The lowest BCUT2D eigenvalue weighted by atomic mass is 9.96. The van der Waals surface area contributed by atoms with Gasteiger partial charge in [0, 0.05) is 37.7 Å². The number of ether oxygens (including phenoxy) is 2. The van der Waals surface area contributed by atoms with E-state index in [2.05, 4.69) is 10.6 Å². The van der Waals surface area contributed by atoms with Gasteiger partial charge in [-0.1, -0.05) is 0 Å². The SMILES string of the molecule is COc1cc(OC)cc(N2CC(C(=O)NCCC3CCCNC3)CC2=O)c1. The molecular formula is C20H29N3O4. The molecule has 2 saturated heterocycles. The Hall–Kier alpha value is -2.28. The van der Waals surface area contributed by atoms with Gasteiger partial charge in [0.05, 0.1) is 25.8 Å². The largest absolute Gasteiger partial charge is 0.497 e. The first-order chi connectivity index (χ1) is 13.1. The summed E-state index contributed by atoms with van der Waals surface area (Å²) in [6.07, 6.45) is 3.64. The van der Waals surface area contributed by atoms with Crippen LogP contribution < -0.4 is 25.0 Å². The van der Waals surface area contributed by atoms with Crippen molar-refractivity contribution in [3.63, 3.8) is 0 Å². The molecule has 2 N–H and O–H groups in total. The molecule has 1 aromatic rings. The Morgan fingerprint density at radius 2 is 2.00 bits per heavy atom. The monoisotopic (exact) mass is 375 g/mol. The van der Waals surface area contributed by atoms with Crippen LogP contribution in [0.25, 0.3) is 0 Å². The Labute approximate surface area is 160 Å². The molecule has 2 amide bonds. The van der Waals surface area contributed by atoms with Gasteiger partial charge >= 0.3 is 0 Å². The smallest absolute Gasteiger partial charge is 0.227 e. The Morgan fingerprint density at radius 1 is 1.26 bits per heavy atom. The molecule has 0 spiro atoms. The summed E-state index contributed by atoms with van der Waals surface area (Å²) in [5.41, 5.74) is 0.694. The summed E-state index contributed by atoms with van der Waals surface area (Å²) in [7, 11) is 3.14. The van der Waals surface area contributed by atoms with Crippen molar-refractivity contribution in [2.75, 3.05) is 45.3 Å². The number of methoxy groups -OCH3 is 2. The number of nitrogens with one attached hydrogen (secondary N) is 2. The van der Waals surface area contributed by atoms with E-state index in [4.69, 9.17) is 9.47 Å². The van der Waals surface area contributed by atoms with Gasteiger partial charge < -0.3 is 25.0 Å². The topological polar surface area (TPSA) is 79.9 Å². The standard InChI is InChI=1S/C20H29N3O4/c1-26-17-9-16(10-18(11-17)27-2)23-13-15(8-19(23)24)20(25)22-7-5-14-4-3-6-21-12-14/h9-11,14-15,21H,3-8,12-13H2,1-2H3,(H,22,25). The van der Waals surface area contributed by atoms with E-state index in [1.165, 1.54) is 12.8 Å². The van der Waals surface area contributed by atoms with Gasteiger partial charge in [0.1, 0.15) is 11.5 Å². The van der Waals surface area contributed by atoms with Crippen molar-refractivity contribution in [3.8, 4) is 11.5 Å². The maximum Gasteiger partial charge on any atom is 0.227 e. The molecule has 7 heteroatoms. The second-order valence-corrected chi connectivity index (χ2v) is 7.27. The van der Waals surface area contributed by atoms with Crippen LogP contribution in [0.5, 0.6) is 11.5 Å². The number of hydrogen-bond acceptors (Lipinski definition) is 5. The van der Waals surface area contributed by atoms with Crippen molar-refractivity contribution in [2.24, 2.45) is 11.8 Å². The van der Waals surface area contributed by atoms with Crippen molar-refractivity contribution < 1.29 is 19.1 Å². The van der Waals surface area contributed by atoms with E-state index >= 15 is 0 Å². The Morgan fingerprint density at radius 3 is 2.63 bits per heavy atom. The Balaban J connectivity index is 1.55. The molecule has 2 aliphatic heterocycles. The van der Waals surface area contributed by atoms with Crippen LogP contribution in [0.15, 0.2) is 18.2 Å². The minimum Gasteiger partial charge on any atom is -0.497 e. The average molecular weight is 375 g/mol. The zero-order valence-electron chi connectivity index (χ0n) is 16.1. The molecular weight excluding hydrogens is 346 g/mol. The normalized spacial score (nSPS) is 22.6. The van der Waals surface area contributed by atoms with Gasteiger partial charge in [-0.15, -0.1) is 0 Å². The van der Waals surface area contributed by atoms with Gasteiger partial charge in [-0.2, -0.15) is 0 Å². The lowest BCUT2D eigenvalue weighted by molar-refractivity contribution is -0.126. The van der Waals surface area contributed by atoms with E-state index in [-0.39, 0.29) is 24.2 Å². The fraction of sp³-hybridized carbons (Fsp3) is 0.600. The van der Waals surface area contributed by atoms with Crippen LogP contribution in [0.3, 0.4) is 0 Å². The lowest BCUT2D eigenvalue weighted by Crippen LogP contribution is -2.36. The van der Waals surface area contributed by atoms with Gasteiger partial charge in [0.25, 0.3) is 0 Å². The maximum atomic E-state index is 12.5. The molecule has 148 valence electrons. The molecule has 2 heterocycles. The van der Waals surface area contributed by atoms with Crippen LogP contribution in [-0.4, -0.2) is 52.2 Å². The van der Waals surface area contributed by atoms with Crippen LogP contribution in [0, 0.1) is 11.8 Å². The van der Waals surface area contributed by atoms with Crippen molar-refractivity contribution in [1.82, 2.24) is 10.6 Å². The van der Waals surface area contributed by atoms with Crippen LogP contribution in [0.2, 0.25) is 0 Å². The number of hydrogen-bond donors (Lipinski definition) is 2. The van der Waals surface area contributed by atoms with E-state index in [0.717, 1.165) is 19.5 Å². The highest BCUT2D eigenvalue weighted by atomic mass is 16.5. The van der Waals surface area contributed by atoms with Gasteiger partial charge in [0.2, 0.25) is 11.8 Å². The predicted octanol–water partition coefficient (Wildman–Crippen LogP) is 1.56. The number of piperidine rings is 1. The summed E-state index contributed by atoms with van der Waals surface area (Å²) >= 11 is 0. The lowest BCUT2D eigenvalue weighted by Gasteiger charge is -2.23. The fourth-order valence-corrected chi connectivity index (χ4v) is 3.80. The fourth-order valence-electron chi connectivity index (χ4n) is 3.80. The highest BCUT2D eigenvalue weighted by Crippen LogP contribution is 2.32. The molecule has 0 aliphatic carbocycles. The first kappa shape index (κ1) is 19.5. The third-order valence-electron chi connectivity index (χ3n) is 5.39. The molecule has 2 atom stereocenters. The summed E-state index contributed by atoms with van der Waals surface area (Å²) in [5.74, 6) is 1.45. The Bertz CT molecular complexity index is 651. The van der Waals surface area contributed by atoms with Crippen LogP contribution in [0.1, 0.15) is 25.7 Å². The van der Waals surface area contributed by atoms with Crippen LogP contribution in [-0.2, 0) is 9.59 Å². The molecule has 3 rings (SSSR count). The summed E-state index contributed by atoms with van der Waals surface area (Å²) in [6, 6.07) is 5.34. The number of nitrogens with zero attached hydrogens (tertiary/aromatic N) is 1. The molecule has 0 radical (unpaired) electrons. The molecule has 27 heavy (non-hydrogen) atoms. The second-order valence-electron chi connectivity index (χ2n) is 7.27. The van der Waals surface area contributed by atoms with Gasteiger partial charge in [-0.3, -0.25) is 9.59 Å². The van der Waals surface area contributed by atoms with Crippen molar-refractivity contribution in [2.45, 2.75) is 25.7 Å². The zero-order valence-corrected chi connectivity index (χ0v) is 16.1. The van der Waals surface area contributed by atoms with Gasteiger partial charge in [-0.25, -0.2) is 0 Å². The first-order valence-electron chi connectivity index (χ1n) is 9.62. The summed E-state index contributed by atoms with van der Waals surface area (Å²) in [5, 5.41) is 6.41. The Kier molecular flexibility index (Phi) is 6.55. The number of amides is 2. The second kappa shape index (κ2) is 9.08. The third-order valence-corrected chi connectivity index (χ3v) is 5.39. The van der Waals surface area contributed by atoms with Crippen molar-refractivity contribution >= 4 is 17.5 Å². The quantitative estimate of drug-likeness (QED) is 0.756. The molecule has 7 nitrogen and oxygen atoms in total. The van der Waals surface area contributed by atoms with Gasteiger partial charge in [-0.05, 0) is 38.3 Å². The van der Waals surface area contributed by atoms with E-state index in [0.29, 0.717) is 36.2 Å². The molecule has 2 unspecified atom stereocenters. The highest BCUT2D eigenvalue weighted by Gasteiger charge is 2.35. The van der Waals surface area contributed by atoms with E-state index in [1.807, 2.05) is 0 Å². The number of carbonyl (C=O) groups is 2. The summed E-state index contributed by atoms with van der Waals surface area (Å²) in [6.45, 7) is 3.18. The molecule has 2 fully saturated rings. The number of rotatable bonds is 7. The van der Waals surface area contributed by atoms with Crippen LogP contribution in [0.4, 0.5) is 5.69 Å². The number of anilines is 1. The van der Waals surface area contributed by atoms with E-state index < -0.39 is 0 Å². The minimum absolute atomic E-state index is 0.0375. The average Bonchev–Trinajstić information content (AvgIpc) is 3.10. The number of benzene rings is 1. The third kappa shape index (κ3) is 4.91. The van der Waals surface area contributed by atoms with Crippen molar-refractivity contribution in [3.05, 3.63) is 18.2 Å². The van der Waals surface area contributed by atoms with E-state index in [1.54, 1.807) is 37.3 Å². The molecule has 0 bridgehead atoms.